The van der Waals surface area contributed by atoms with E-state index in [9.17, 15) is 0 Å². The number of pyridine rings is 2. The van der Waals surface area contributed by atoms with Gasteiger partial charge in [-0.2, -0.15) is 4.57 Å². The minimum absolute atomic E-state index is 1.24. The van der Waals surface area contributed by atoms with Gasteiger partial charge in [0.1, 0.15) is 5.52 Å². The van der Waals surface area contributed by atoms with Gasteiger partial charge in [-0.3, -0.25) is 0 Å². The van der Waals surface area contributed by atoms with Crippen molar-refractivity contribution in [1.29, 1.82) is 0 Å². The molecule has 3 aromatic rings. The monoisotopic (exact) mass is 243 g/mol. The van der Waals surface area contributed by atoms with Crippen molar-refractivity contribution < 1.29 is 4.57 Å². The average molecular weight is 243 g/mol. The molecule has 0 amide bonds. The molecule has 2 aliphatic heterocycles. The Labute approximate surface area is 109 Å². The van der Waals surface area contributed by atoms with Crippen molar-refractivity contribution >= 4 is 27.6 Å². The van der Waals surface area contributed by atoms with Crippen molar-refractivity contribution in [3.8, 4) is 5.69 Å². The lowest BCUT2D eigenvalue weighted by molar-refractivity contribution is -0.535. The van der Waals surface area contributed by atoms with E-state index in [0.29, 0.717) is 0 Å². The Morgan fingerprint density at radius 2 is 1.63 bits per heavy atom. The topological polar surface area (TPSA) is 8.29 Å². The van der Waals surface area contributed by atoms with E-state index >= 15 is 0 Å². The Bertz CT molecular complexity index is 1010. The van der Waals surface area contributed by atoms with Gasteiger partial charge >= 0.3 is 0 Å². The van der Waals surface area contributed by atoms with E-state index in [0.717, 1.165) is 0 Å². The zero-order valence-electron chi connectivity index (χ0n) is 10.2. The quantitative estimate of drug-likeness (QED) is 0.368. The molecule has 88 valence electrons. The zero-order valence-corrected chi connectivity index (χ0v) is 10.2. The summed E-state index contributed by atoms with van der Waals surface area (Å²) in [7, 11) is 0. The number of nitrogens with zero attached hydrogens (tertiary/aromatic N) is 2. The van der Waals surface area contributed by atoms with Crippen LogP contribution in [-0.4, -0.2) is 4.40 Å². The summed E-state index contributed by atoms with van der Waals surface area (Å²) in [6.07, 6.45) is 0. The van der Waals surface area contributed by atoms with Crippen LogP contribution >= 0.6 is 0 Å². The van der Waals surface area contributed by atoms with Crippen LogP contribution in [0.25, 0.3) is 33.3 Å². The third kappa shape index (κ3) is 1.04. The third-order valence-corrected chi connectivity index (χ3v) is 3.96. The van der Waals surface area contributed by atoms with Gasteiger partial charge in [0.15, 0.2) is 0 Å². The summed E-state index contributed by atoms with van der Waals surface area (Å²) in [5.74, 6) is 0. The fraction of sp³-hybridized carbons (Fsp3) is 0. The summed E-state index contributed by atoms with van der Waals surface area (Å²) in [5, 5.41) is 0. The first-order chi connectivity index (χ1) is 9.42. The van der Waals surface area contributed by atoms with Gasteiger partial charge in [-0.25, -0.2) is 0 Å². The molecule has 0 atom stereocenters. The molecular weight excluding hydrogens is 232 g/mol. The first kappa shape index (κ1) is 9.34. The second-order valence-corrected chi connectivity index (χ2v) is 5.00. The van der Waals surface area contributed by atoms with Gasteiger partial charge in [0.05, 0.1) is 5.52 Å². The predicted octanol–water partition coefficient (Wildman–Crippen LogP) is 3.40. The molecule has 2 aliphatic rings. The van der Waals surface area contributed by atoms with E-state index in [2.05, 4.69) is 75.7 Å². The lowest BCUT2D eigenvalue weighted by Gasteiger charge is -1.98. The molecule has 0 saturated carbocycles. The van der Waals surface area contributed by atoms with E-state index in [-0.39, 0.29) is 0 Å². The molecule has 0 aromatic carbocycles. The van der Waals surface area contributed by atoms with Crippen LogP contribution < -0.4 is 4.57 Å². The van der Waals surface area contributed by atoms with Crippen LogP contribution in [0.1, 0.15) is 0 Å². The predicted molar refractivity (Wildman–Crippen MR) is 76.3 cm³/mol. The van der Waals surface area contributed by atoms with Crippen LogP contribution in [-0.2, 0) is 0 Å². The maximum Gasteiger partial charge on any atom is 0.235 e. The van der Waals surface area contributed by atoms with Gasteiger partial charge in [0.2, 0.25) is 16.7 Å². The summed E-state index contributed by atoms with van der Waals surface area (Å²) in [4.78, 5) is 0. The Morgan fingerprint density at radius 1 is 0.737 bits per heavy atom. The summed E-state index contributed by atoms with van der Waals surface area (Å²) in [6.45, 7) is 0. The van der Waals surface area contributed by atoms with Crippen LogP contribution in [0.15, 0.2) is 66.7 Å². The number of fused-ring (bicyclic) bond motifs is 1. The van der Waals surface area contributed by atoms with Crippen molar-refractivity contribution in [3.05, 3.63) is 66.7 Å². The minimum atomic E-state index is 1.24. The van der Waals surface area contributed by atoms with Gasteiger partial charge in [0.25, 0.3) is 0 Å². The van der Waals surface area contributed by atoms with Gasteiger partial charge in [0, 0.05) is 35.8 Å². The fourth-order valence-corrected chi connectivity index (χ4v) is 3.16. The molecular formula is C17H11N2+. The molecule has 0 fully saturated rings. The van der Waals surface area contributed by atoms with Crippen molar-refractivity contribution in [2.75, 3.05) is 0 Å². The van der Waals surface area contributed by atoms with Gasteiger partial charge in [-0.1, -0.05) is 6.07 Å². The van der Waals surface area contributed by atoms with Gasteiger partial charge in [-0.05, 0) is 30.3 Å². The Morgan fingerprint density at radius 3 is 2.63 bits per heavy atom. The third-order valence-electron chi connectivity index (χ3n) is 3.96. The molecule has 0 aliphatic carbocycles. The normalized spacial score (nSPS) is 12.2. The SMILES string of the molecule is c1cc2ccc3cc4ccc5cccc(c(c1)n23)[n+]5-4. The molecule has 0 N–H and O–H groups in total. The Hall–Kier alpha value is -2.61. The van der Waals surface area contributed by atoms with Crippen molar-refractivity contribution in [2.45, 2.75) is 0 Å². The molecule has 2 nitrogen and oxygen atoms in total. The van der Waals surface area contributed by atoms with E-state index < -0.39 is 0 Å². The highest BCUT2D eigenvalue weighted by molar-refractivity contribution is 5.82. The standard InChI is InChI=1S/C17H11N2/c1-3-12-7-9-14-11-15-10-8-13-4-2-6-17(19(13)15)16(5-1)18(12)14/h1-11H/q+1. The lowest BCUT2D eigenvalue weighted by Crippen LogP contribution is -2.29. The smallest absolute Gasteiger partial charge is 0.235 e. The first-order valence-electron chi connectivity index (χ1n) is 6.48. The van der Waals surface area contributed by atoms with Crippen molar-refractivity contribution in [1.82, 2.24) is 4.40 Å². The second kappa shape index (κ2) is 3.04. The molecule has 0 unspecified atom stereocenters. The molecule has 0 bridgehead atoms. The molecule has 5 heterocycles. The highest BCUT2D eigenvalue weighted by atomic mass is 15.0. The highest BCUT2D eigenvalue weighted by Crippen LogP contribution is 2.23. The second-order valence-electron chi connectivity index (χ2n) is 5.00. The van der Waals surface area contributed by atoms with E-state index in [1.54, 1.807) is 0 Å². The Kier molecular flexibility index (Phi) is 1.49. The lowest BCUT2D eigenvalue weighted by atomic mass is 10.3. The molecule has 3 aromatic heterocycles. The van der Waals surface area contributed by atoms with Crippen LogP contribution in [0.4, 0.5) is 0 Å². The molecule has 5 rings (SSSR count). The first-order valence-corrected chi connectivity index (χ1v) is 6.48. The summed E-state index contributed by atoms with van der Waals surface area (Å²) in [5.41, 5.74) is 7.45. The number of rotatable bonds is 0. The molecule has 0 saturated heterocycles. The van der Waals surface area contributed by atoms with Crippen molar-refractivity contribution in [3.63, 3.8) is 0 Å². The van der Waals surface area contributed by atoms with Crippen molar-refractivity contribution in [2.24, 2.45) is 0 Å². The highest BCUT2D eigenvalue weighted by Gasteiger charge is 2.20. The van der Waals surface area contributed by atoms with Crippen LogP contribution in [0, 0.1) is 0 Å². The number of aromatic nitrogens is 2. The van der Waals surface area contributed by atoms with Crippen LogP contribution in [0.5, 0.6) is 0 Å². The molecule has 0 radical (unpaired) electrons. The summed E-state index contributed by atoms with van der Waals surface area (Å²) >= 11 is 0. The van der Waals surface area contributed by atoms with E-state index in [1.807, 2.05) is 0 Å². The Balaban J connectivity index is 2.26. The van der Waals surface area contributed by atoms with E-state index in [1.165, 1.54) is 33.3 Å². The average Bonchev–Trinajstić information content (AvgIpc) is 3.00. The van der Waals surface area contributed by atoms with Crippen LogP contribution in [0.3, 0.4) is 0 Å². The molecule has 19 heavy (non-hydrogen) atoms. The summed E-state index contributed by atoms with van der Waals surface area (Å²) < 4.78 is 4.64. The largest absolute Gasteiger partial charge is 0.304 e. The van der Waals surface area contributed by atoms with Crippen LogP contribution in [0.2, 0.25) is 0 Å². The summed E-state index contributed by atoms with van der Waals surface area (Å²) in [6, 6.07) is 23.9. The zero-order chi connectivity index (χ0) is 12.4. The van der Waals surface area contributed by atoms with Gasteiger partial charge < -0.3 is 4.40 Å². The van der Waals surface area contributed by atoms with E-state index in [4.69, 9.17) is 0 Å². The molecule has 2 heteroatoms. The van der Waals surface area contributed by atoms with Gasteiger partial charge in [-0.15, -0.1) is 0 Å². The molecule has 0 spiro atoms. The maximum absolute atomic E-state index is 2.32. The maximum atomic E-state index is 2.32. The minimum Gasteiger partial charge on any atom is -0.304 e. The number of hydrogen-bond acceptors (Lipinski definition) is 0. The fourth-order valence-electron chi connectivity index (χ4n) is 3.16. The number of hydrogen-bond donors (Lipinski definition) is 0.